The summed E-state index contributed by atoms with van der Waals surface area (Å²) in [6.07, 6.45) is 1.40. The van der Waals surface area contributed by atoms with Crippen LogP contribution in [0, 0.1) is 23.2 Å². The Labute approximate surface area is 63.3 Å². The molecular weight excluding hydrogens is 120 g/mol. The van der Waals surface area contributed by atoms with E-state index in [0.717, 1.165) is 17.8 Å². The molecule has 0 radical (unpaired) electrons. The average molecular weight is 136 g/mol. The third-order valence-electron chi connectivity index (χ3n) is 3.69. The Balaban J connectivity index is 2.21. The normalized spacial score (nSPS) is 49.1. The topological polar surface area (TPSA) is 0 Å². The van der Waals surface area contributed by atoms with Crippen LogP contribution >= 0.6 is 0 Å². The van der Waals surface area contributed by atoms with Gasteiger partial charge in [0.05, 0.1) is 0 Å². The number of hydrogen-bond acceptors (Lipinski definition) is 0. The van der Waals surface area contributed by atoms with Crippen LogP contribution in [0.1, 0.15) is 27.2 Å². The first-order chi connectivity index (χ1) is 4.55. The third-order valence-corrected chi connectivity index (χ3v) is 3.69. The van der Waals surface area contributed by atoms with Crippen molar-refractivity contribution in [2.24, 2.45) is 23.2 Å². The standard InChI is InChI=1S/C10H16/c1-6-5-8-9(7(6)2)10(8,3)4/h6,8-9H,2,5H2,1,3-4H3. The molecule has 0 amide bonds. The predicted molar refractivity (Wildman–Crippen MR) is 43.7 cm³/mol. The SMILES string of the molecule is C=C1C(C)CC2C1C2(C)C. The van der Waals surface area contributed by atoms with Crippen molar-refractivity contribution in [1.82, 2.24) is 0 Å². The van der Waals surface area contributed by atoms with Gasteiger partial charge in [0.15, 0.2) is 0 Å². The predicted octanol–water partition coefficient (Wildman–Crippen LogP) is 2.85. The fourth-order valence-corrected chi connectivity index (χ4v) is 2.76. The fraction of sp³-hybridized carbons (Fsp3) is 0.800. The fourth-order valence-electron chi connectivity index (χ4n) is 2.76. The molecule has 0 heteroatoms. The van der Waals surface area contributed by atoms with E-state index < -0.39 is 0 Å². The van der Waals surface area contributed by atoms with Crippen molar-refractivity contribution in [1.29, 1.82) is 0 Å². The minimum Gasteiger partial charge on any atom is -0.0993 e. The number of hydrogen-bond donors (Lipinski definition) is 0. The molecule has 3 unspecified atom stereocenters. The first-order valence-corrected chi connectivity index (χ1v) is 4.24. The molecule has 0 nitrogen and oxygen atoms in total. The Morgan fingerprint density at radius 1 is 1.50 bits per heavy atom. The van der Waals surface area contributed by atoms with E-state index in [1.54, 1.807) is 0 Å². The molecule has 2 saturated carbocycles. The molecule has 2 aliphatic carbocycles. The summed E-state index contributed by atoms with van der Waals surface area (Å²) in [5.41, 5.74) is 2.14. The van der Waals surface area contributed by atoms with Gasteiger partial charge in [-0.1, -0.05) is 32.9 Å². The second-order valence-corrected chi connectivity index (χ2v) is 4.62. The second-order valence-electron chi connectivity index (χ2n) is 4.62. The summed E-state index contributed by atoms with van der Waals surface area (Å²) in [6.45, 7) is 11.2. The van der Waals surface area contributed by atoms with Crippen LogP contribution in [0.2, 0.25) is 0 Å². The largest absolute Gasteiger partial charge is 0.0993 e. The lowest BCUT2D eigenvalue weighted by molar-refractivity contribution is 0.454. The molecule has 0 aromatic rings. The highest BCUT2D eigenvalue weighted by atomic mass is 14.7. The average Bonchev–Trinajstić information content (AvgIpc) is 2.12. The van der Waals surface area contributed by atoms with Crippen LogP contribution < -0.4 is 0 Å². The Morgan fingerprint density at radius 2 is 2.10 bits per heavy atom. The van der Waals surface area contributed by atoms with Gasteiger partial charge in [-0.2, -0.15) is 0 Å². The van der Waals surface area contributed by atoms with Crippen molar-refractivity contribution >= 4 is 0 Å². The highest BCUT2D eigenvalue weighted by molar-refractivity contribution is 5.28. The molecule has 3 atom stereocenters. The van der Waals surface area contributed by atoms with E-state index in [4.69, 9.17) is 0 Å². The summed E-state index contributed by atoms with van der Waals surface area (Å²) in [6, 6.07) is 0. The first-order valence-electron chi connectivity index (χ1n) is 4.24. The van der Waals surface area contributed by atoms with Crippen LogP contribution in [0.5, 0.6) is 0 Å². The quantitative estimate of drug-likeness (QED) is 0.449. The third kappa shape index (κ3) is 0.531. The van der Waals surface area contributed by atoms with Crippen molar-refractivity contribution in [2.75, 3.05) is 0 Å². The molecule has 0 heterocycles. The van der Waals surface area contributed by atoms with Crippen LogP contribution in [0.25, 0.3) is 0 Å². The second kappa shape index (κ2) is 1.49. The lowest BCUT2D eigenvalue weighted by atomic mass is 9.91. The van der Waals surface area contributed by atoms with Gasteiger partial charge in [0.25, 0.3) is 0 Å². The van der Waals surface area contributed by atoms with Crippen molar-refractivity contribution in [3.63, 3.8) is 0 Å². The zero-order valence-corrected chi connectivity index (χ0v) is 7.15. The number of fused-ring (bicyclic) bond motifs is 1. The summed E-state index contributed by atoms with van der Waals surface area (Å²) >= 11 is 0. The molecule has 0 saturated heterocycles. The number of allylic oxidation sites excluding steroid dienone is 1. The zero-order chi connectivity index (χ0) is 7.52. The smallest absolute Gasteiger partial charge is 0.0115 e. The van der Waals surface area contributed by atoms with Crippen molar-refractivity contribution in [3.05, 3.63) is 12.2 Å². The summed E-state index contributed by atoms with van der Waals surface area (Å²) in [4.78, 5) is 0. The van der Waals surface area contributed by atoms with Crippen LogP contribution in [-0.4, -0.2) is 0 Å². The van der Waals surface area contributed by atoms with Gasteiger partial charge in [-0.25, -0.2) is 0 Å². The molecule has 0 N–H and O–H groups in total. The highest BCUT2D eigenvalue weighted by Gasteiger charge is 2.62. The Bertz CT molecular complexity index is 188. The molecule has 10 heavy (non-hydrogen) atoms. The van der Waals surface area contributed by atoms with Crippen molar-refractivity contribution in [3.8, 4) is 0 Å². The van der Waals surface area contributed by atoms with Gasteiger partial charge in [-0.3, -0.25) is 0 Å². The molecule has 2 rings (SSSR count). The zero-order valence-electron chi connectivity index (χ0n) is 7.15. The molecule has 56 valence electrons. The van der Waals surface area contributed by atoms with Crippen LogP contribution in [0.4, 0.5) is 0 Å². The van der Waals surface area contributed by atoms with E-state index in [2.05, 4.69) is 27.4 Å². The lowest BCUT2D eigenvalue weighted by Crippen LogP contribution is -2.04. The van der Waals surface area contributed by atoms with Crippen LogP contribution in [-0.2, 0) is 0 Å². The van der Waals surface area contributed by atoms with Crippen molar-refractivity contribution < 1.29 is 0 Å². The maximum absolute atomic E-state index is 4.15. The van der Waals surface area contributed by atoms with E-state index in [1.807, 2.05) is 0 Å². The highest BCUT2D eigenvalue weighted by Crippen LogP contribution is 2.69. The van der Waals surface area contributed by atoms with Gasteiger partial charge in [-0.15, -0.1) is 0 Å². The van der Waals surface area contributed by atoms with E-state index >= 15 is 0 Å². The monoisotopic (exact) mass is 136 g/mol. The van der Waals surface area contributed by atoms with E-state index in [0.29, 0.717) is 5.41 Å². The first kappa shape index (κ1) is 6.45. The molecule has 0 spiro atoms. The van der Waals surface area contributed by atoms with E-state index in [9.17, 15) is 0 Å². The molecule has 0 aliphatic heterocycles. The minimum absolute atomic E-state index is 0.615. The molecule has 2 fully saturated rings. The maximum atomic E-state index is 4.15. The molecule has 2 aliphatic rings. The van der Waals surface area contributed by atoms with Gasteiger partial charge in [-0.05, 0) is 29.6 Å². The van der Waals surface area contributed by atoms with Crippen molar-refractivity contribution in [2.45, 2.75) is 27.2 Å². The van der Waals surface area contributed by atoms with Gasteiger partial charge in [0.1, 0.15) is 0 Å². The van der Waals surface area contributed by atoms with Gasteiger partial charge in [0, 0.05) is 0 Å². The summed E-state index contributed by atoms with van der Waals surface area (Å²) in [5.74, 6) is 2.67. The van der Waals surface area contributed by atoms with Crippen LogP contribution in [0.15, 0.2) is 12.2 Å². The Morgan fingerprint density at radius 3 is 2.40 bits per heavy atom. The number of rotatable bonds is 0. The van der Waals surface area contributed by atoms with Gasteiger partial charge in [0.2, 0.25) is 0 Å². The minimum atomic E-state index is 0.615. The summed E-state index contributed by atoms with van der Waals surface area (Å²) < 4.78 is 0. The molecule has 0 aromatic heterocycles. The lowest BCUT2D eigenvalue weighted by Gasteiger charge is -2.14. The summed E-state index contributed by atoms with van der Waals surface area (Å²) in [7, 11) is 0. The van der Waals surface area contributed by atoms with E-state index in [-0.39, 0.29) is 0 Å². The molecule has 0 aromatic carbocycles. The Hall–Kier alpha value is -0.260. The van der Waals surface area contributed by atoms with Crippen LogP contribution in [0.3, 0.4) is 0 Å². The molecule has 0 bridgehead atoms. The van der Waals surface area contributed by atoms with Gasteiger partial charge < -0.3 is 0 Å². The molecular formula is C10H16. The van der Waals surface area contributed by atoms with Gasteiger partial charge >= 0.3 is 0 Å². The summed E-state index contributed by atoms with van der Waals surface area (Å²) in [5, 5.41) is 0. The maximum Gasteiger partial charge on any atom is -0.0115 e. The van der Waals surface area contributed by atoms with E-state index in [1.165, 1.54) is 12.0 Å². The Kier molecular flexibility index (Phi) is 0.962.